The van der Waals surface area contributed by atoms with Gasteiger partial charge in [0.1, 0.15) is 5.75 Å². The molecule has 1 amide bonds. The van der Waals surface area contributed by atoms with Crippen molar-refractivity contribution in [1.82, 2.24) is 9.80 Å². The van der Waals surface area contributed by atoms with Crippen LogP contribution in [0.5, 0.6) is 5.75 Å². The number of nitrogens with zero attached hydrogens (tertiary/aromatic N) is 2. The fraction of sp³-hybridized carbons (Fsp3) is 0.611. The first-order valence-corrected chi connectivity index (χ1v) is 9.14. The van der Waals surface area contributed by atoms with Gasteiger partial charge in [0.2, 0.25) is 0 Å². The minimum absolute atomic E-state index is 0. The van der Waals surface area contributed by atoms with Gasteiger partial charge in [-0.25, -0.2) is 0 Å². The molecule has 26 heavy (non-hydrogen) atoms. The van der Waals surface area contributed by atoms with Crippen LogP contribution < -0.4 is 10.5 Å². The molecule has 0 atom stereocenters. The lowest BCUT2D eigenvalue weighted by atomic mass is 10.1. The monoisotopic (exact) mass is 423 g/mol. The third kappa shape index (κ3) is 5.10. The molecule has 148 valence electrons. The summed E-state index contributed by atoms with van der Waals surface area (Å²) >= 11 is 6.11. The highest BCUT2D eigenvalue weighted by atomic mass is 35.5. The van der Waals surface area contributed by atoms with E-state index in [4.69, 9.17) is 22.1 Å². The quantitative estimate of drug-likeness (QED) is 0.748. The lowest BCUT2D eigenvalue weighted by molar-refractivity contribution is 0.0755. The van der Waals surface area contributed by atoms with Gasteiger partial charge in [-0.15, -0.1) is 24.8 Å². The van der Waals surface area contributed by atoms with Crippen molar-refractivity contribution < 1.29 is 9.53 Å². The first-order chi connectivity index (χ1) is 11.6. The average Bonchev–Trinajstić information content (AvgIpc) is 3.01. The molecule has 2 aliphatic rings. The van der Waals surface area contributed by atoms with Gasteiger partial charge in [0.25, 0.3) is 5.91 Å². The summed E-state index contributed by atoms with van der Waals surface area (Å²) in [6.45, 7) is 3.54. The van der Waals surface area contributed by atoms with Crippen LogP contribution >= 0.6 is 36.4 Å². The highest BCUT2D eigenvalue weighted by Gasteiger charge is 2.27. The second-order valence-corrected chi connectivity index (χ2v) is 7.10. The van der Waals surface area contributed by atoms with Gasteiger partial charge < -0.3 is 15.4 Å². The summed E-state index contributed by atoms with van der Waals surface area (Å²) in [6.07, 6.45) is 6.29. The van der Waals surface area contributed by atoms with Crippen molar-refractivity contribution in [2.45, 2.75) is 38.1 Å². The maximum Gasteiger partial charge on any atom is 0.257 e. The third-order valence-corrected chi connectivity index (χ3v) is 5.54. The number of benzene rings is 1. The summed E-state index contributed by atoms with van der Waals surface area (Å²) in [5.74, 6) is 0.459. The molecule has 1 saturated carbocycles. The summed E-state index contributed by atoms with van der Waals surface area (Å²) in [6, 6.07) is 3.95. The van der Waals surface area contributed by atoms with Crippen LogP contribution in [-0.2, 0) is 0 Å². The lowest BCUT2D eigenvalue weighted by Crippen LogP contribution is -2.38. The zero-order valence-corrected chi connectivity index (χ0v) is 17.5. The molecule has 1 aliphatic carbocycles. The first-order valence-electron chi connectivity index (χ1n) is 8.76. The van der Waals surface area contributed by atoms with Gasteiger partial charge in [0.15, 0.2) is 0 Å². The lowest BCUT2D eigenvalue weighted by Gasteiger charge is -2.27. The Balaban J connectivity index is 0.00000169. The molecule has 1 heterocycles. The zero-order valence-electron chi connectivity index (χ0n) is 15.1. The molecule has 0 bridgehead atoms. The van der Waals surface area contributed by atoms with Crippen LogP contribution in [0.4, 0.5) is 5.69 Å². The Labute approximate surface area is 173 Å². The molecule has 1 saturated heterocycles. The van der Waals surface area contributed by atoms with E-state index < -0.39 is 0 Å². The number of carbonyl (C=O) groups is 1. The fourth-order valence-corrected chi connectivity index (χ4v) is 4.01. The van der Waals surface area contributed by atoms with E-state index in [2.05, 4.69) is 4.90 Å². The standard InChI is InChI=1S/C18H26ClN3O2.2ClH/c1-24-17-12-16(20)15(19)11-14(17)18(23)22-8-4-7-21(9-10-22)13-5-2-3-6-13;;/h11-13H,2-10,20H2,1H3;2*1H. The molecule has 1 aliphatic heterocycles. The normalized spacial score (nSPS) is 18.6. The zero-order chi connectivity index (χ0) is 17.1. The van der Waals surface area contributed by atoms with E-state index in [9.17, 15) is 4.79 Å². The third-order valence-electron chi connectivity index (χ3n) is 5.21. The van der Waals surface area contributed by atoms with Gasteiger partial charge in [0, 0.05) is 38.3 Å². The van der Waals surface area contributed by atoms with E-state index in [0.717, 1.165) is 32.6 Å². The number of carbonyl (C=O) groups excluding carboxylic acids is 1. The van der Waals surface area contributed by atoms with E-state index in [-0.39, 0.29) is 30.7 Å². The van der Waals surface area contributed by atoms with Crippen molar-refractivity contribution >= 4 is 48.0 Å². The van der Waals surface area contributed by atoms with Crippen LogP contribution in [-0.4, -0.2) is 55.0 Å². The van der Waals surface area contributed by atoms with E-state index in [1.54, 1.807) is 19.2 Å². The SMILES string of the molecule is COc1cc(N)c(Cl)cc1C(=O)N1CCCN(C2CCCC2)CC1.Cl.Cl. The van der Waals surface area contributed by atoms with Gasteiger partial charge in [-0.05, 0) is 25.3 Å². The van der Waals surface area contributed by atoms with Gasteiger partial charge in [-0.3, -0.25) is 9.69 Å². The number of hydrogen-bond acceptors (Lipinski definition) is 4. The molecule has 3 rings (SSSR count). The molecule has 1 aromatic carbocycles. The first kappa shape index (κ1) is 23.2. The molecular weight excluding hydrogens is 397 g/mol. The largest absolute Gasteiger partial charge is 0.496 e. The van der Waals surface area contributed by atoms with Crippen molar-refractivity contribution in [3.8, 4) is 5.75 Å². The van der Waals surface area contributed by atoms with Crippen molar-refractivity contribution in [3.05, 3.63) is 22.7 Å². The number of nitrogen functional groups attached to an aromatic ring is 1. The maximum absolute atomic E-state index is 13.0. The van der Waals surface area contributed by atoms with Gasteiger partial charge in [-0.2, -0.15) is 0 Å². The van der Waals surface area contributed by atoms with Crippen molar-refractivity contribution in [2.75, 3.05) is 39.0 Å². The van der Waals surface area contributed by atoms with E-state index in [1.165, 1.54) is 25.7 Å². The number of anilines is 1. The molecule has 8 heteroatoms. The molecule has 0 aromatic heterocycles. The Kier molecular flexibility index (Phi) is 9.31. The summed E-state index contributed by atoms with van der Waals surface area (Å²) < 4.78 is 5.33. The van der Waals surface area contributed by atoms with Crippen LogP contribution in [0.2, 0.25) is 5.02 Å². The maximum atomic E-state index is 13.0. The number of ether oxygens (including phenoxy) is 1. The number of amides is 1. The average molecular weight is 425 g/mol. The number of methoxy groups -OCH3 is 1. The predicted octanol–water partition coefficient (Wildman–Crippen LogP) is 3.86. The molecular formula is C18H28Cl3N3O2. The highest BCUT2D eigenvalue weighted by Crippen LogP contribution is 2.30. The number of hydrogen-bond donors (Lipinski definition) is 1. The molecule has 0 radical (unpaired) electrons. The number of nitrogens with two attached hydrogens (primary N) is 1. The van der Waals surface area contributed by atoms with Crippen molar-refractivity contribution in [2.24, 2.45) is 0 Å². The van der Waals surface area contributed by atoms with Crippen molar-refractivity contribution in [3.63, 3.8) is 0 Å². The van der Waals surface area contributed by atoms with E-state index in [0.29, 0.717) is 28.1 Å². The number of rotatable bonds is 3. The summed E-state index contributed by atoms with van der Waals surface area (Å²) in [4.78, 5) is 17.4. The van der Waals surface area contributed by atoms with Crippen LogP contribution in [0.1, 0.15) is 42.5 Å². The fourth-order valence-electron chi connectivity index (χ4n) is 3.85. The summed E-state index contributed by atoms with van der Waals surface area (Å²) in [5, 5.41) is 0.390. The minimum atomic E-state index is -0.0259. The van der Waals surface area contributed by atoms with Gasteiger partial charge >= 0.3 is 0 Å². The summed E-state index contributed by atoms with van der Waals surface area (Å²) in [5.41, 5.74) is 6.73. The molecule has 2 fully saturated rings. The van der Waals surface area contributed by atoms with E-state index >= 15 is 0 Å². The molecule has 1 aromatic rings. The van der Waals surface area contributed by atoms with Gasteiger partial charge in [0.05, 0.1) is 23.4 Å². The Bertz CT molecular complexity index is 610. The second kappa shape index (κ2) is 10.5. The van der Waals surface area contributed by atoms with E-state index in [1.807, 2.05) is 4.90 Å². The van der Waals surface area contributed by atoms with Crippen LogP contribution in [0, 0.1) is 0 Å². The molecule has 0 spiro atoms. The molecule has 0 unspecified atom stereocenters. The molecule has 5 nitrogen and oxygen atoms in total. The number of halogens is 3. The Morgan fingerprint density at radius 3 is 2.46 bits per heavy atom. The minimum Gasteiger partial charge on any atom is -0.496 e. The smallest absolute Gasteiger partial charge is 0.257 e. The van der Waals surface area contributed by atoms with Crippen molar-refractivity contribution in [1.29, 1.82) is 0 Å². The topological polar surface area (TPSA) is 58.8 Å². The Morgan fingerprint density at radius 2 is 1.81 bits per heavy atom. The molecule has 2 N–H and O–H groups in total. The van der Waals surface area contributed by atoms with Crippen LogP contribution in [0.25, 0.3) is 0 Å². The predicted molar refractivity (Wildman–Crippen MR) is 111 cm³/mol. The highest BCUT2D eigenvalue weighted by molar-refractivity contribution is 6.33. The van der Waals surface area contributed by atoms with Crippen LogP contribution in [0.15, 0.2) is 12.1 Å². The Hall–Kier alpha value is -0.880. The second-order valence-electron chi connectivity index (χ2n) is 6.69. The Morgan fingerprint density at radius 1 is 1.12 bits per heavy atom. The van der Waals surface area contributed by atoms with Gasteiger partial charge in [-0.1, -0.05) is 24.4 Å². The summed E-state index contributed by atoms with van der Waals surface area (Å²) in [7, 11) is 1.55. The van der Waals surface area contributed by atoms with Crippen LogP contribution in [0.3, 0.4) is 0 Å².